The highest BCUT2D eigenvalue weighted by Crippen LogP contribution is 2.22. The maximum atomic E-state index is 11.7. The normalized spacial score (nSPS) is 10.1. The standard InChI is InChI=1S/C15H14BrNO4S/c1-20-11-4-2-3-10(7-11)8-17-14(18)9-21-15(19)12-5-6-13(16)22-12/h2-7H,8-9H2,1H3,(H,17,18). The van der Waals surface area contributed by atoms with Gasteiger partial charge in [-0.2, -0.15) is 0 Å². The van der Waals surface area contributed by atoms with E-state index in [-0.39, 0.29) is 12.5 Å². The number of amides is 1. The molecule has 0 fully saturated rings. The number of hydrogen-bond donors (Lipinski definition) is 1. The minimum Gasteiger partial charge on any atom is -0.497 e. The van der Waals surface area contributed by atoms with Crippen molar-refractivity contribution >= 4 is 39.1 Å². The number of benzene rings is 1. The first-order valence-electron chi connectivity index (χ1n) is 6.40. The van der Waals surface area contributed by atoms with Gasteiger partial charge in [0.25, 0.3) is 5.91 Å². The number of hydrogen-bond acceptors (Lipinski definition) is 5. The summed E-state index contributed by atoms with van der Waals surface area (Å²) in [5, 5.41) is 2.68. The van der Waals surface area contributed by atoms with Gasteiger partial charge in [-0.05, 0) is 45.8 Å². The second-order valence-electron chi connectivity index (χ2n) is 4.31. The lowest BCUT2D eigenvalue weighted by molar-refractivity contribution is -0.124. The average Bonchev–Trinajstić information content (AvgIpc) is 2.97. The minimum atomic E-state index is -0.507. The van der Waals surface area contributed by atoms with E-state index in [1.165, 1.54) is 11.3 Å². The van der Waals surface area contributed by atoms with Crippen molar-refractivity contribution in [3.63, 3.8) is 0 Å². The summed E-state index contributed by atoms with van der Waals surface area (Å²) in [7, 11) is 1.58. The van der Waals surface area contributed by atoms with Crippen molar-refractivity contribution in [3.05, 3.63) is 50.6 Å². The molecule has 2 aromatic rings. The van der Waals surface area contributed by atoms with E-state index in [9.17, 15) is 9.59 Å². The average molecular weight is 384 g/mol. The van der Waals surface area contributed by atoms with Crippen LogP contribution in [0.15, 0.2) is 40.2 Å². The van der Waals surface area contributed by atoms with Gasteiger partial charge in [0.05, 0.1) is 10.9 Å². The molecule has 0 saturated heterocycles. The molecule has 0 aliphatic heterocycles. The Balaban J connectivity index is 1.77. The van der Waals surface area contributed by atoms with Gasteiger partial charge in [0.15, 0.2) is 6.61 Å². The first-order chi connectivity index (χ1) is 10.6. The number of esters is 1. The molecule has 0 spiro atoms. The lowest BCUT2D eigenvalue weighted by Gasteiger charge is -2.07. The SMILES string of the molecule is COc1cccc(CNC(=O)COC(=O)c2ccc(Br)s2)c1. The first-order valence-corrected chi connectivity index (χ1v) is 8.01. The highest BCUT2D eigenvalue weighted by Gasteiger charge is 2.12. The number of nitrogens with one attached hydrogen (secondary N) is 1. The van der Waals surface area contributed by atoms with E-state index in [1.54, 1.807) is 19.2 Å². The van der Waals surface area contributed by atoms with E-state index in [0.29, 0.717) is 11.4 Å². The molecule has 0 unspecified atom stereocenters. The molecule has 1 N–H and O–H groups in total. The monoisotopic (exact) mass is 383 g/mol. The molecule has 7 heteroatoms. The molecule has 0 aliphatic rings. The number of ether oxygens (including phenoxy) is 2. The van der Waals surface area contributed by atoms with Gasteiger partial charge in [0.1, 0.15) is 10.6 Å². The molecular formula is C15H14BrNO4S. The Kier molecular flexibility index (Phi) is 5.97. The second-order valence-corrected chi connectivity index (χ2v) is 6.77. The summed E-state index contributed by atoms with van der Waals surface area (Å²) in [6.07, 6.45) is 0. The smallest absolute Gasteiger partial charge is 0.348 e. The number of carbonyl (C=O) groups is 2. The number of halogens is 1. The Morgan fingerprint density at radius 2 is 2.09 bits per heavy atom. The Labute approximate surface area is 140 Å². The fourth-order valence-corrected chi connectivity index (χ4v) is 2.94. The molecule has 116 valence electrons. The van der Waals surface area contributed by atoms with E-state index in [1.807, 2.05) is 24.3 Å². The molecule has 0 atom stereocenters. The predicted octanol–water partition coefficient (Wildman–Crippen LogP) is 2.99. The van der Waals surface area contributed by atoms with Gasteiger partial charge in [0, 0.05) is 6.54 Å². The highest BCUT2D eigenvalue weighted by atomic mass is 79.9. The fourth-order valence-electron chi connectivity index (χ4n) is 1.66. The van der Waals surface area contributed by atoms with Crippen LogP contribution >= 0.6 is 27.3 Å². The molecule has 0 bridgehead atoms. The van der Waals surface area contributed by atoms with Crippen LogP contribution in [0.25, 0.3) is 0 Å². The zero-order chi connectivity index (χ0) is 15.9. The third kappa shape index (κ3) is 4.85. The van der Waals surface area contributed by atoms with Gasteiger partial charge in [0.2, 0.25) is 0 Å². The van der Waals surface area contributed by atoms with Gasteiger partial charge in [-0.1, -0.05) is 12.1 Å². The Morgan fingerprint density at radius 3 is 2.77 bits per heavy atom. The Bertz CT molecular complexity index is 671. The summed E-state index contributed by atoms with van der Waals surface area (Å²) in [6, 6.07) is 10.8. The fraction of sp³-hybridized carbons (Fsp3) is 0.200. The summed E-state index contributed by atoms with van der Waals surface area (Å²) in [6.45, 7) is 0.0381. The molecule has 0 radical (unpaired) electrons. The lowest BCUT2D eigenvalue weighted by Crippen LogP contribution is -2.28. The topological polar surface area (TPSA) is 64.6 Å². The summed E-state index contributed by atoms with van der Waals surface area (Å²) < 4.78 is 10.9. The van der Waals surface area contributed by atoms with Crippen molar-refractivity contribution in [1.29, 1.82) is 0 Å². The van der Waals surface area contributed by atoms with Gasteiger partial charge >= 0.3 is 5.97 Å². The third-order valence-corrected chi connectivity index (χ3v) is 4.34. The molecule has 22 heavy (non-hydrogen) atoms. The van der Waals surface area contributed by atoms with Crippen molar-refractivity contribution in [3.8, 4) is 5.75 Å². The van der Waals surface area contributed by atoms with E-state index < -0.39 is 5.97 Å². The maximum Gasteiger partial charge on any atom is 0.348 e. The largest absolute Gasteiger partial charge is 0.497 e. The molecule has 0 aliphatic carbocycles. The number of methoxy groups -OCH3 is 1. The van der Waals surface area contributed by atoms with Crippen LogP contribution in [0, 0.1) is 0 Å². The number of rotatable bonds is 6. The molecule has 0 saturated carbocycles. The van der Waals surface area contributed by atoms with Gasteiger partial charge in [-0.3, -0.25) is 4.79 Å². The van der Waals surface area contributed by atoms with Crippen LogP contribution < -0.4 is 10.1 Å². The Morgan fingerprint density at radius 1 is 1.27 bits per heavy atom. The van der Waals surface area contributed by atoms with E-state index in [2.05, 4.69) is 21.2 Å². The molecule has 1 heterocycles. The van der Waals surface area contributed by atoms with Gasteiger partial charge in [-0.25, -0.2) is 4.79 Å². The summed E-state index contributed by atoms with van der Waals surface area (Å²) >= 11 is 4.52. The van der Waals surface area contributed by atoms with E-state index in [4.69, 9.17) is 9.47 Å². The molecule has 1 aromatic heterocycles. The second kappa shape index (κ2) is 7.95. The maximum absolute atomic E-state index is 11.7. The molecule has 1 aromatic carbocycles. The summed E-state index contributed by atoms with van der Waals surface area (Å²) in [4.78, 5) is 23.8. The van der Waals surface area contributed by atoms with Crippen molar-refractivity contribution < 1.29 is 19.1 Å². The van der Waals surface area contributed by atoms with Crippen molar-refractivity contribution in [1.82, 2.24) is 5.32 Å². The van der Waals surface area contributed by atoms with Crippen LogP contribution in [0.5, 0.6) is 5.75 Å². The van der Waals surface area contributed by atoms with Crippen LogP contribution in [-0.4, -0.2) is 25.6 Å². The van der Waals surface area contributed by atoms with Gasteiger partial charge < -0.3 is 14.8 Å². The zero-order valence-electron chi connectivity index (χ0n) is 11.8. The van der Waals surface area contributed by atoms with Gasteiger partial charge in [-0.15, -0.1) is 11.3 Å². The van der Waals surface area contributed by atoms with Crippen molar-refractivity contribution in [2.45, 2.75) is 6.54 Å². The quantitative estimate of drug-likeness (QED) is 0.778. The first kappa shape index (κ1) is 16.5. The zero-order valence-corrected chi connectivity index (χ0v) is 14.2. The Hall–Kier alpha value is -1.86. The van der Waals surface area contributed by atoms with Crippen LogP contribution in [0.1, 0.15) is 15.2 Å². The van der Waals surface area contributed by atoms with E-state index >= 15 is 0 Å². The molecule has 5 nitrogen and oxygen atoms in total. The van der Waals surface area contributed by atoms with E-state index in [0.717, 1.165) is 15.1 Å². The van der Waals surface area contributed by atoms with Crippen LogP contribution in [0.4, 0.5) is 0 Å². The van der Waals surface area contributed by atoms with Crippen LogP contribution in [-0.2, 0) is 16.1 Å². The molecule has 1 amide bonds. The van der Waals surface area contributed by atoms with Crippen molar-refractivity contribution in [2.75, 3.05) is 13.7 Å². The predicted molar refractivity (Wildman–Crippen MR) is 87.1 cm³/mol. The molecule has 2 rings (SSSR count). The number of thiophene rings is 1. The number of carbonyl (C=O) groups excluding carboxylic acids is 2. The van der Waals surface area contributed by atoms with Crippen LogP contribution in [0.3, 0.4) is 0 Å². The lowest BCUT2D eigenvalue weighted by atomic mass is 10.2. The summed E-state index contributed by atoms with van der Waals surface area (Å²) in [5.74, 6) is -0.138. The highest BCUT2D eigenvalue weighted by molar-refractivity contribution is 9.11. The third-order valence-electron chi connectivity index (χ3n) is 2.73. The molecular weight excluding hydrogens is 370 g/mol. The summed E-state index contributed by atoms with van der Waals surface area (Å²) in [5.41, 5.74) is 0.904. The van der Waals surface area contributed by atoms with Crippen molar-refractivity contribution in [2.24, 2.45) is 0 Å². The minimum absolute atomic E-state index is 0.307. The van der Waals surface area contributed by atoms with Crippen LogP contribution in [0.2, 0.25) is 0 Å².